The van der Waals surface area contributed by atoms with E-state index in [1.165, 1.54) is 15.5 Å². The molecule has 4 heterocycles. The molecule has 3 aromatic heterocycles. The Morgan fingerprint density at radius 2 is 1.92 bits per heavy atom. The van der Waals surface area contributed by atoms with Crippen molar-refractivity contribution in [3.8, 4) is 16.9 Å². The van der Waals surface area contributed by atoms with Crippen molar-refractivity contribution in [1.29, 1.82) is 0 Å². The largest absolute Gasteiger partial charge is 0.465 e. The third kappa shape index (κ3) is 4.69. The lowest BCUT2D eigenvalue weighted by Crippen LogP contribution is -2.54. The molecule has 39 heavy (non-hydrogen) atoms. The molecule has 1 aromatic carbocycles. The zero-order chi connectivity index (χ0) is 28.0. The van der Waals surface area contributed by atoms with Gasteiger partial charge in [0, 0.05) is 37.4 Å². The van der Waals surface area contributed by atoms with Crippen LogP contribution in [0.5, 0.6) is 0 Å². The third-order valence-electron chi connectivity index (χ3n) is 7.03. The van der Waals surface area contributed by atoms with Gasteiger partial charge in [-0.15, -0.1) is 0 Å². The first kappa shape index (κ1) is 26.6. The molecule has 1 aliphatic rings. The van der Waals surface area contributed by atoms with Gasteiger partial charge in [0.25, 0.3) is 0 Å². The first-order chi connectivity index (χ1) is 18.6. The van der Waals surface area contributed by atoms with Crippen molar-refractivity contribution in [2.75, 3.05) is 24.5 Å². The number of fused-ring (bicyclic) bond motifs is 1. The quantitative estimate of drug-likeness (QED) is 0.370. The molecule has 202 valence electrons. The summed E-state index contributed by atoms with van der Waals surface area (Å²) in [6, 6.07) is 9.39. The third-order valence-corrected chi connectivity index (χ3v) is 7.31. The molecule has 1 atom stereocenters. The zero-order valence-corrected chi connectivity index (χ0v) is 22.8. The second-order valence-corrected chi connectivity index (χ2v) is 10.4. The molecule has 1 aliphatic heterocycles. The molecule has 0 spiro atoms. The number of rotatable bonds is 4. The van der Waals surface area contributed by atoms with Crippen molar-refractivity contribution < 1.29 is 14.3 Å². The minimum atomic E-state index is -0.998. The average Bonchev–Trinajstić information content (AvgIpc) is 2.89. The van der Waals surface area contributed by atoms with Crippen LogP contribution >= 0.6 is 11.6 Å². The molecule has 1 saturated heterocycles. The number of pyridine rings is 2. The van der Waals surface area contributed by atoms with E-state index < -0.39 is 17.6 Å². The van der Waals surface area contributed by atoms with Crippen molar-refractivity contribution in [3.05, 3.63) is 75.2 Å². The first-order valence-electron chi connectivity index (χ1n) is 12.7. The molecule has 1 unspecified atom stereocenters. The van der Waals surface area contributed by atoms with Crippen LogP contribution in [0.25, 0.3) is 28.0 Å². The van der Waals surface area contributed by atoms with Crippen LogP contribution in [-0.2, 0) is 0 Å². The highest BCUT2D eigenvalue weighted by Gasteiger charge is 2.31. The van der Waals surface area contributed by atoms with Crippen molar-refractivity contribution in [2.24, 2.45) is 0 Å². The Bertz CT molecular complexity index is 1660. The molecular weight excluding hydrogens is 523 g/mol. The number of anilines is 1. The molecule has 0 radical (unpaired) electrons. The van der Waals surface area contributed by atoms with Crippen LogP contribution in [0.2, 0.25) is 5.02 Å². The van der Waals surface area contributed by atoms with Gasteiger partial charge in [-0.1, -0.05) is 37.6 Å². The average molecular weight is 551 g/mol. The van der Waals surface area contributed by atoms with Crippen LogP contribution in [-0.4, -0.2) is 61.3 Å². The van der Waals surface area contributed by atoms with Gasteiger partial charge in [0.05, 0.1) is 27.5 Å². The van der Waals surface area contributed by atoms with E-state index in [1.54, 1.807) is 30.5 Å². The van der Waals surface area contributed by atoms with Gasteiger partial charge in [-0.2, -0.15) is 4.98 Å². The number of aromatic nitrogens is 4. The Morgan fingerprint density at radius 3 is 2.59 bits per heavy atom. The van der Waals surface area contributed by atoms with E-state index in [1.807, 2.05) is 38.7 Å². The number of amides is 1. The number of aryl methyl sites for hydroxylation is 1. The number of carboxylic acid groups (broad SMARTS) is 1. The predicted molar refractivity (Wildman–Crippen MR) is 149 cm³/mol. The Hall–Kier alpha value is -4.05. The fraction of sp³-hybridized carbons (Fsp3) is 0.321. The highest BCUT2D eigenvalue weighted by atomic mass is 35.5. The highest BCUT2D eigenvalue weighted by Crippen LogP contribution is 2.36. The standard InChI is InChI=1S/C28H28ClFN6O3/c1-15(2)22-24(16(3)9-10-31-22)36-26-19(13-20(29)23(32-26)18-7-5-6-8-21(18)30)25(33-27(36)37)35-12-11-34(28(38)39)14-17(35)4/h5-10,13,15,17H,11-12,14H2,1-4H3,(H,38,39). The van der Waals surface area contributed by atoms with Gasteiger partial charge in [0.1, 0.15) is 11.6 Å². The smallest absolute Gasteiger partial charge is 0.407 e. The van der Waals surface area contributed by atoms with E-state index in [4.69, 9.17) is 16.6 Å². The summed E-state index contributed by atoms with van der Waals surface area (Å²) in [4.78, 5) is 42.5. The van der Waals surface area contributed by atoms with E-state index in [9.17, 15) is 19.1 Å². The first-order valence-corrected chi connectivity index (χ1v) is 13.0. The maximum absolute atomic E-state index is 14.9. The minimum Gasteiger partial charge on any atom is -0.465 e. The van der Waals surface area contributed by atoms with Gasteiger partial charge in [-0.3, -0.25) is 4.98 Å². The Kier molecular flexibility index (Phi) is 6.98. The lowest BCUT2D eigenvalue weighted by atomic mass is 10.0. The SMILES string of the molecule is Cc1ccnc(C(C)C)c1-n1c(=O)nc(N2CCN(C(=O)O)CC2C)c2cc(Cl)c(-c3ccccc3F)nc21. The van der Waals surface area contributed by atoms with E-state index in [0.29, 0.717) is 29.1 Å². The number of hydrogen-bond acceptors (Lipinski definition) is 6. The van der Waals surface area contributed by atoms with Crippen molar-refractivity contribution >= 4 is 34.5 Å². The molecule has 1 fully saturated rings. The Labute approximate surface area is 229 Å². The summed E-state index contributed by atoms with van der Waals surface area (Å²) in [6.45, 7) is 8.55. The fourth-order valence-corrected chi connectivity index (χ4v) is 5.35. The number of nitrogens with zero attached hydrogens (tertiary/aromatic N) is 6. The summed E-state index contributed by atoms with van der Waals surface area (Å²) in [5.41, 5.74) is 2.16. The molecule has 5 rings (SSSR count). The van der Waals surface area contributed by atoms with Crippen LogP contribution in [0.1, 0.15) is 37.9 Å². The summed E-state index contributed by atoms with van der Waals surface area (Å²) in [6.07, 6.45) is 0.698. The summed E-state index contributed by atoms with van der Waals surface area (Å²) < 4.78 is 16.3. The molecular formula is C28H28ClFN6O3. The number of carbonyl (C=O) groups is 1. The van der Waals surface area contributed by atoms with Gasteiger partial charge in [-0.25, -0.2) is 23.5 Å². The van der Waals surface area contributed by atoms with Crippen molar-refractivity contribution in [1.82, 2.24) is 24.4 Å². The van der Waals surface area contributed by atoms with E-state index >= 15 is 0 Å². The lowest BCUT2D eigenvalue weighted by molar-refractivity contribution is 0.136. The number of halogens is 2. The van der Waals surface area contributed by atoms with Crippen LogP contribution < -0.4 is 10.6 Å². The molecule has 4 aromatic rings. The Balaban J connectivity index is 1.84. The molecule has 9 nitrogen and oxygen atoms in total. The topological polar surface area (TPSA) is 104 Å². The second-order valence-electron chi connectivity index (χ2n) is 10.0. The lowest BCUT2D eigenvalue weighted by Gasteiger charge is -2.39. The van der Waals surface area contributed by atoms with E-state index in [0.717, 1.165) is 5.56 Å². The fourth-order valence-electron chi connectivity index (χ4n) is 5.10. The second kappa shape index (κ2) is 10.3. The zero-order valence-electron chi connectivity index (χ0n) is 22.0. The molecule has 1 amide bonds. The summed E-state index contributed by atoms with van der Waals surface area (Å²) >= 11 is 6.71. The van der Waals surface area contributed by atoms with Gasteiger partial charge >= 0.3 is 11.8 Å². The van der Waals surface area contributed by atoms with Crippen LogP contribution in [0.3, 0.4) is 0 Å². The van der Waals surface area contributed by atoms with Gasteiger partial charge in [0.2, 0.25) is 0 Å². The number of piperazine rings is 1. The minimum absolute atomic E-state index is 0.0102. The normalized spacial score (nSPS) is 15.8. The van der Waals surface area contributed by atoms with Crippen LogP contribution in [0.15, 0.2) is 47.4 Å². The van der Waals surface area contributed by atoms with Gasteiger partial charge < -0.3 is 14.9 Å². The van der Waals surface area contributed by atoms with Crippen LogP contribution in [0.4, 0.5) is 15.0 Å². The molecule has 0 saturated carbocycles. The van der Waals surface area contributed by atoms with Crippen molar-refractivity contribution in [3.63, 3.8) is 0 Å². The molecule has 0 bridgehead atoms. The molecule has 11 heteroatoms. The summed E-state index contributed by atoms with van der Waals surface area (Å²) in [7, 11) is 0. The van der Waals surface area contributed by atoms with Gasteiger partial charge in [0.15, 0.2) is 5.65 Å². The maximum atomic E-state index is 14.9. The predicted octanol–water partition coefficient (Wildman–Crippen LogP) is 5.26. The van der Waals surface area contributed by atoms with Crippen molar-refractivity contribution in [2.45, 2.75) is 39.7 Å². The maximum Gasteiger partial charge on any atom is 0.407 e. The van der Waals surface area contributed by atoms with Crippen LogP contribution in [0, 0.1) is 12.7 Å². The molecule has 0 aliphatic carbocycles. The highest BCUT2D eigenvalue weighted by molar-refractivity contribution is 6.33. The summed E-state index contributed by atoms with van der Waals surface area (Å²) in [5, 5.41) is 10.2. The Morgan fingerprint density at radius 1 is 1.18 bits per heavy atom. The van der Waals surface area contributed by atoms with Gasteiger partial charge in [-0.05, 0) is 49.6 Å². The monoisotopic (exact) mass is 550 g/mol. The van der Waals surface area contributed by atoms with E-state index in [2.05, 4.69) is 9.97 Å². The summed E-state index contributed by atoms with van der Waals surface area (Å²) in [5.74, 6) is -0.150. The number of hydrogen-bond donors (Lipinski definition) is 1. The number of benzene rings is 1. The van der Waals surface area contributed by atoms with E-state index in [-0.39, 0.29) is 47.0 Å². The molecule has 1 N–H and O–H groups in total.